The van der Waals surface area contributed by atoms with Crippen molar-refractivity contribution < 1.29 is 4.79 Å². The highest BCUT2D eigenvalue weighted by Gasteiger charge is 2.41. The molecule has 106 valence electrons. The maximum Gasteiger partial charge on any atom is 0.226 e. The molecule has 0 heterocycles. The van der Waals surface area contributed by atoms with E-state index in [-0.39, 0.29) is 11.8 Å². The van der Waals surface area contributed by atoms with Crippen LogP contribution in [0.1, 0.15) is 18.4 Å². The van der Waals surface area contributed by atoms with Crippen LogP contribution in [0.25, 0.3) is 0 Å². The van der Waals surface area contributed by atoms with E-state index >= 15 is 0 Å². The minimum Gasteiger partial charge on any atom is -0.337 e. The van der Waals surface area contributed by atoms with Gasteiger partial charge in [0.1, 0.15) is 0 Å². The van der Waals surface area contributed by atoms with E-state index in [0.29, 0.717) is 31.5 Å². The first-order valence-corrected chi connectivity index (χ1v) is 7.49. The van der Waals surface area contributed by atoms with Gasteiger partial charge < -0.3 is 10.6 Å². The smallest absolute Gasteiger partial charge is 0.226 e. The highest BCUT2D eigenvalue weighted by molar-refractivity contribution is 5.80. The molecule has 3 unspecified atom stereocenters. The van der Waals surface area contributed by atoms with Crippen LogP contribution in [0.2, 0.25) is 0 Å². The lowest BCUT2D eigenvalue weighted by molar-refractivity contribution is -0.136. The molecule has 3 heteroatoms. The number of fused-ring (bicyclic) bond motifs is 2. The molecular weight excluding hydrogens is 248 g/mol. The topological polar surface area (TPSA) is 46.3 Å². The van der Waals surface area contributed by atoms with Gasteiger partial charge in [-0.25, -0.2) is 0 Å². The number of rotatable bonds is 5. The molecule has 2 aliphatic carbocycles. The van der Waals surface area contributed by atoms with Crippen LogP contribution < -0.4 is 5.73 Å². The lowest BCUT2D eigenvalue weighted by Crippen LogP contribution is -2.40. The van der Waals surface area contributed by atoms with Crippen LogP contribution in [0, 0.1) is 17.8 Å². The van der Waals surface area contributed by atoms with E-state index in [1.807, 2.05) is 23.1 Å². The molecule has 3 rings (SSSR count). The number of hydrogen-bond acceptors (Lipinski definition) is 2. The molecule has 2 aliphatic rings. The van der Waals surface area contributed by atoms with E-state index in [1.165, 1.54) is 5.56 Å². The maximum absolute atomic E-state index is 12.8. The Morgan fingerprint density at radius 1 is 1.20 bits per heavy atom. The Morgan fingerprint density at radius 2 is 2.00 bits per heavy atom. The van der Waals surface area contributed by atoms with E-state index < -0.39 is 0 Å². The Morgan fingerprint density at radius 3 is 2.60 bits per heavy atom. The molecule has 1 aromatic carbocycles. The van der Waals surface area contributed by atoms with Crippen LogP contribution >= 0.6 is 0 Å². The molecule has 1 fully saturated rings. The molecule has 0 spiro atoms. The SMILES string of the molecule is NCCN(Cc1ccccc1)C(=O)C1CC2C=CC1C2. The second-order valence-electron chi connectivity index (χ2n) is 5.92. The lowest BCUT2D eigenvalue weighted by atomic mass is 9.92. The quantitative estimate of drug-likeness (QED) is 0.834. The minimum atomic E-state index is 0.181. The van der Waals surface area contributed by atoms with Gasteiger partial charge in [-0.3, -0.25) is 4.79 Å². The van der Waals surface area contributed by atoms with Gasteiger partial charge in [0.25, 0.3) is 0 Å². The van der Waals surface area contributed by atoms with Gasteiger partial charge in [-0.15, -0.1) is 0 Å². The molecule has 20 heavy (non-hydrogen) atoms. The number of nitrogens with two attached hydrogens (primary N) is 1. The van der Waals surface area contributed by atoms with Gasteiger partial charge in [0.2, 0.25) is 5.91 Å². The molecule has 2 N–H and O–H groups in total. The standard InChI is InChI=1S/C17H22N2O/c18-8-9-19(12-13-4-2-1-3-5-13)17(20)16-11-14-6-7-15(16)10-14/h1-7,14-16H,8-12,18H2. The van der Waals surface area contributed by atoms with Gasteiger partial charge in [-0.1, -0.05) is 42.5 Å². The summed E-state index contributed by atoms with van der Waals surface area (Å²) in [5, 5.41) is 0. The number of amides is 1. The highest BCUT2D eigenvalue weighted by atomic mass is 16.2. The summed E-state index contributed by atoms with van der Waals surface area (Å²) in [6.45, 7) is 1.84. The average Bonchev–Trinajstić information content (AvgIpc) is 3.10. The Hall–Kier alpha value is -1.61. The van der Waals surface area contributed by atoms with E-state index in [9.17, 15) is 4.79 Å². The first-order valence-electron chi connectivity index (χ1n) is 7.49. The summed E-state index contributed by atoms with van der Waals surface area (Å²) in [5.41, 5.74) is 6.86. The largest absolute Gasteiger partial charge is 0.337 e. The summed E-state index contributed by atoms with van der Waals surface area (Å²) in [6.07, 6.45) is 6.70. The van der Waals surface area contributed by atoms with Gasteiger partial charge in [-0.05, 0) is 30.2 Å². The van der Waals surface area contributed by atoms with Gasteiger partial charge in [0, 0.05) is 25.6 Å². The molecule has 1 saturated carbocycles. The normalized spacial score (nSPS) is 26.9. The summed E-state index contributed by atoms with van der Waals surface area (Å²) in [6, 6.07) is 10.2. The fraction of sp³-hybridized carbons (Fsp3) is 0.471. The Kier molecular flexibility index (Phi) is 3.88. The molecule has 0 aromatic heterocycles. The first kappa shape index (κ1) is 13.4. The molecule has 1 aromatic rings. The van der Waals surface area contributed by atoms with Crippen LogP contribution in [0.3, 0.4) is 0 Å². The minimum absolute atomic E-state index is 0.181. The fourth-order valence-electron chi connectivity index (χ4n) is 3.53. The molecule has 0 radical (unpaired) electrons. The average molecular weight is 270 g/mol. The third-order valence-corrected chi connectivity index (χ3v) is 4.52. The predicted octanol–water partition coefficient (Wildman–Crippen LogP) is 2.19. The van der Waals surface area contributed by atoms with Crippen LogP contribution in [-0.4, -0.2) is 23.9 Å². The Bertz CT molecular complexity index is 497. The van der Waals surface area contributed by atoms with Gasteiger partial charge in [0.05, 0.1) is 0 Å². The van der Waals surface area contributed by atoms with Gasteiger partial charge in [0.15, 0.2) is 0 Å². The number of benzene rings is 1. The number of hydrogen-bond donors (Lipinski definition) is 1. The summed E-state index contributed by atoms with van der Waals surface area (Å²) < 4.78 is 0. The zero-order valence-electron chi connectivity index (χ0n) is 11.7. The van der Waals surface area contributed by atoms with Crippen molar-refractivity contribution in [3.63, 3.8) is 0 Å². The fourth-order valence-corrected chi connectivity index (χ4v) is 3.53. The van der Waals surface area contributed by atoms with Crippen molar-refractivity contribution in [1.82, 2.24) is 4.90 Å². The highest BCUT2D eigenvalue weighted by Crippen LogP contribution is 2.44. The number of carbonyl (C=O) groups is 1. The van der Waals surface area contributed by atoms with Crippen molar-refractivity contribution in [2.45, 2.75) is 19.4 Å². The maximum atomic E-state index is 12.8. The van der Waals surface area contributed by atoms with Crippen LogP contribution in [-0.2, 0) is 11.3 Å². The van der Waals surface area contributed by atoms with Crippen molar-refractivity contribution in [2.75, 3.05) is 13.1 Å². The van der Waals surface area contributed by atoms with Crippen molar-refractivity contribution in [2.24, 2.45) is 23.5 Å². The molecule has 3 atom stereocenters. The van der Waals surface area contributed by atoms with Crippen LogP contribution in [0.5, 0.6) is 0 Å². The molecular formula is C17H22N2O. The summed E-state index contributed by atoms with van der Waals surface area (Å²) in [5.74, 6) is 1.56. The van der Waals surface area contributed by atoms with E-state index in [0.717, 1.165) is 12.8 Å². The molecule has 2 bridgehead atoms. The zero-order valence-corrected chi connectivity index (χ0v) is 11.7. The summed E-state index contributed by atoms with van der Waals surface area (Å²) >= 11 is 0. The Labute approximate surface area is 120 Å². The monoisotopic (exact) mass is 270 g/mol. The van der Waals surface area contributed by atoms with Gasteiger partial charge >= 0.3 is 0 Å². The van der Waals surface area contributed by atoms with Crippen molar-refractivity contribution in [3.8, 4) is 0 Å². The third-order valence-electron chi connectivity index (χ3n) is 4.52. The molecule has 1 amide bonds. The zero-order chi connectivity index (χ0) is 13.9. The first-order chi connectivity index (χ1) is 9.78. The van der Waals surface area contributed by atoms with Crippen molar-refractivity contribution in [1.29, 1.82) is 0 Å². The third kappa shape index (κ3) is 2.63. The van der Waals surface area contributed by atoms with Crippen LogP contribution in [0.4, 0.5) is 0 Å². The summed E-state index contributed by atoms with van der Waals surface area (Å²) in [4.78, 5) is 14.7. The lowest BCUT2D eigenvalue weighted by Gasteiger charge is -2.28. The Balaban J connectivity index is 1.70. The number of nitrogens with zero attached hydrogens (tertiary/aromatic N) is 1. The van der Waals surface area contributed by atoms with E-state index in [1.54, 1.807) is 0 Å². The van der Waals surface area contributed by atoms with Crippen molar-refractivity contribution in [3.05, 3.63) is 48.0 Å². The second-order valence-corrected chi connectivity index (χ2v) is 5.92. The molecule has 0 aliphatic heterocycles. The van der Waals surface area contributed by atoms with Crippen molar-refractivity contribution >= 4 is 5.91 Å². The van der Waals surface area contributed by atoms with Crippen LogP contribution in [0.15, 0.2) is 42.5 Å². The molecule has 0 saturated heterocycles. The van der Waals surface area contributed by atoms with Gasteiger partial charge in [-0.2, -0.15) is 0 Å². The van der Waals surface area contributed by atoms with E-state index in [4.69, 9.17) is 5.73 Å². The second kappa shape index (κ2) is 5.80. The molecule has 3 nitrogen and oxygen atoms in total. The number of carbonyl (C=O) groups excluding carboxylic acids is 1. The summed E-state index contributed by atoms with van der Waals surface area (Å²) in [7, 11) is 0. The number of allylic oxidation sites excluding steroid dienone is 2. The predicted molar refractivity (Wildman–Crippen MR) is 79.8 cm³/mol. The van der Waals surface area contributed by atoms with E-state index in [2.05, 4.69) is 24.3 Å².